The minimum atomic E-state index is 0.000426. The van der Waals surface area contributed by atoms with Crippen LogP contribution in [0.5, 0.6) is 0 Å². The lowest BCUT2D eigenvalue weighted by atomic mass is 10.2. The Kier molecular flexibility index (Phi) is 3.19. The molecule has 0 aromatic carbocycles. The summed E-state index contributed by atoms with van der Waals surface area (Å²) in [6.07, 6.45) is 0. The van der Waals surface area contributed by atoms with Crippen LogP contribution in [-0.4, -0.2) is 20.3 Å². The number of nitrogens with zero attached hydrogens (tertiary/aromatic N) is 3. The highest BCUT2D eigenvalue weighted by Gasteiger charge is 2.15. The molecule has 2 rings (SSSR count). The van der Waals surface area contributed by atoms with Crippen molar-refractivity contribution in [2.75, 3.05) is 5.32 Å². The van der Waals surface area contributed by atoms with Crippen molar-refractivity contribution in [2.45, 2.75) is 27.3 Å². The van der Waals surface area contributed by atoms with E-state index in [0.29, 0.717) is 23.8 Å². The van der Waals surface area contributed by atoms with Crippen LogP contribution in [-0.2, 0) is 6.54 Å². The SMILES string of the molecule is CC(=O)c1c(C)nsc1NCc1nc(C)no1. The van der Waals surface area contributed by atoms with E-state index >= 15 is 0 Å². The van der Waals surface area contributed by atoms with Gasteiger partial charge in [0.25, 0.3) is 0 Å². The summed E-state index contributed by atoms with van der Waals surface area (Å²) < 4.78 is 9.12. The largest absolute Gasteiger partial charge is 0.366 e. The summed E-state index contributed by atoms with van der Waals surface area (Å²) in [5.74, 6) is 1.08. The fraction of sp³-hybridized carbons (Fsp3) is 0.400. The van der Waals surface area contributed by atoms with Gasteiger partial charge in [0, 0.05) is 0 Å². The summed E-state index contributed by atoms with van der Waals surface area (Å²) in [5.41, 5.74) is 1.37. The number of carbonyl (C=O) groups excluding carboxylic acids is 1. The van der Waals surface area contributed by atoms with Gasteiger partial charge < -0.3 is 9.84 Å². The molecule has 2 aromatic rings. The highest BCUT2D eigenvalue weighted by atomic mass is 32.1. The van der Waals surface area contributed by atoms with Gasteiger partial charge in [-0.1, -0.05) is 5.16 Å². The highest BCUT2D eigenvalue weighted by molar-refractivity contribution is 7.10. The summed E-state index contributed by atoms with van der Waals surface area (Å²) in [6, 6.07) is 0. The fourth-order valence-corrected chi connectivity index (χ4v) is 2.31. The van der Waals surface area contributed by atoms with Crippen molar-refractivity contribution < 1.29 is 9.32 Å². The van der Waals surface area contributed by atoms with E-state index in [9.17, 15) is 4.79 Å². The molecule has 0 aliphatic heterocycles. The van der Waals surface area contributed by atoms with Crippen molar-refractivity contribution in [3.05, 3.63) is 23.0 Å². The smallest absolute Gasteiger partial charge is 0.245 e. The van der Waals surface area contributed by atoms with Crippen molar-refractivity contribution in [2.24, 2.45) is 0 Å². The first kappa shape index (κ1) is 11.7. The molecule has 0 unspecified atom stereocenters. The number of aryl methyl sites for hydroxylation is 2. The molecule has 2 aromatic heterocycles. The van der Waals surface area contributed by atoms with Crippen LogP contribution in [0.25, 0.3) is 0 Å². The summed E-state index contributed by atoms with van der Waals surface area (Å²) in [5, 5.41) is 7.51. The van der Waals surface area contributed by atoms with Gasteiger partial charge in [-0.15, -0.1) is 0 Å². The Bertz CT molecular complexity index is 546. The molecule has 0 radical (unpaired) electrons. The van der Waals surface area contributed by atoms with Gasteiger partial charge in [-0.25, -0.2) is 0 Å². The van der Waals surface area contributed by atoms with Crippen molar-refractivity contribution >= 4 is 22.3 Å². The maximum atomic E-state index is 11.4. The second-order valence-corrected chi connectivity index (χ2v) is 4.39. The summed E-state index contributed by atoms with van der Waals surface area (Å²) in [6.45, 7) is 5.49. The Morgan fingerprint density at radius 3 is 2.82 bits per heavy atom. The molecule has 1 N–H and O–H groups in total. The van der Waals surface area contributed by atoms with Gasteiger partial charge in [0.15, 0.2) is 11.6 Å². The molecule has 90 valence electrons. The summed E-state index contributed by atoms with van der Waals surface area (Å²) in [7, 11) is 0. The molecule has 6 nitrogen and oxygen atoms in total. The predicted molar refractivity (Wildman–Crippen MR) is 63.2 cm³/mol. The molecule has 0 amide bonds. The first-order valence-electron chi connectivity index (χ1n) is 5.08. The van der Waals surface area contributed by atoms with E-state index in [2.05, 4.69) is 19.8 Å². The first-order chi connectivity index (χ1) is 8.08. The van der Waals surface area contributed by atoms with Gasteiger partial charge in [-0.2, -0.15) is 9.36 Å². The van der Waals surface area contributed by atoms with Gasteiger partial charge >= 0.3 is 0 Å². The number of hydrogen-bond acceptors (Lipinski definition) is 7. The van der Waals surface area contributed by atoms with E-state index < -0.39 is 0 Å². The molecule has 0 spiro atoms. The van der Waals surface area contributed by atoms with E-state index in [1.807, 2.05) is 6.92 Å². The van der Waals surface area contributed by atoms with Crippen molar-refractivity contribution in [3.8, 4) is 0 Å². The van der Waals surface area contributed by atoms with Crippen LogP contribution in [0.2, 0.25) is 0 Å². The average Bonchev–Trinajstić information content (AvgIpc) is 2.82. The number of carbonyl (C=O) groups is 1. The first-order valence-corrected chi connectivity index (χ1v) is 5.85. The van der Waals surface area contributed by atoms with Crippen molar-refractivity contribution in [3.63, 3.8) is 0 Å². The zero-order valence-corrected chi connectivity index (χ0v) is 10.6. The predicted octanol–water partition coefficient (Wildman–Crippen LogP) is 1.96. The third-order valence-electron chi connectivity index (χ3n) is 2.18. The minimum absolute atomic E-state index is 0.000426. The lowest BCUT2D eigenvalue weighted by Crippen LogP contribution is -2.03. The zero-order chi connectivity index (χ0) is 12.4. The Morgan fingerprint density at radius 2 is 2.24 bits per heavy atom. The third kappa shape index (κ3) is 2.50. The molecule has 0 fully saturated rings. The monoisotopic (exact) mass is 252 g/mol. The lowest BCUT2D eigenvalue weighted by molar-refractivity contribution is 0.101. The number of nitrogens with one attached hydrogen (secondary N) is 1. The number of aromatic nitrogens is 3. The number of Topliss-reactive ketones (excluding diaryl/α,β-unsaturated/α-hetero) is 1. The van der Waals surface area contributed by atoms with Gasteiger partial charge in [-0.05, 0) is 32.3 Å². The lowest BCUT2D eigenvalue weighted by Gasteiger charge is -2.01. The number of hydrogen-bond donors (Lipinski definition) is 1. The Balaban J connectivity index is 2.11. The van der Waals surface area contributed by atoms with Crippen LogP contribution in [0.15, 0.2) is 4.52 Å². The van der Waals surface area contributed by atoms with E-state index in [-0.39, 0.29) is 5.78 Å². The van der Waals surface area contributed by atoms with Gasteiger partial charge in [0.1, 0.15) is 5.00 Å². The Morgan fingerprint density at radius 1 is 1.47 bits per heavy atom. The van der Waals surface area contributed by atoms with Crippen LogP contribution >= 0.6 is 11.5 Å². The third-order valence-corrected chi connectivity index (χ3v) is 3.08. The van der Waals surface area contributed by atoms with Crippen molar-refractivity contribution in [1.82, 2.24) is 14.5 Å². The molecule has 17 heavy (non-hydrogen) atoms. The second-order valence-electron chi connectivity index (χ2n) is 3.62. The molecule has 0 aliphatic rings. The molecule has 2 heterocycles. The zero-order valence-electron chi connectivity index (χ0n) is 9.77. The van der Waals surface area contributed by atoms with E-state index in [4.69, 9.17) is 4.52 Å². The number of ketones is 1. The molecule has 0 atom stereocenters. The molecule has 0 saturated carbocycles. The Hall–Kier alpha value is -1.76. The molecular formula is C10H12N4O2S. The minimum Gasteiger partial charge on any atom is -0.366 e. The van der Waals surface area contributed by atoms with E-state index in [1.165, 1.54) is 18.5 Å². The normalized spacial score (nSPS) is 10.5. The molecular weight excluding hydrogens is 240 g/mol. The fourth-order valence-electron chi connectivity index (χ4n) is 1.47. The maximum Gasteiger partial charge on any atom is 0.245 e. The van der Waals surface area contributed by atoms with Crippen LogP contribution in [0.4, 0.5) is 5.00 Å². The standard InChI is InChI=1S/C10H12N4O2S/c1-5-9(6(2)15)10(17-14-5)11-4-8-12-7(3)13-16-8/h11H,4H2,1-3H3. The number of rotatable bonds is 4. The van der Waals surface area contributed by atoms with E-state index in [1.54, 1.807) is 6.92 Å². The van der Waals surface area contributed by atoms with Crippen molar-refractivity contribution in [1.29, 1.82) is 0 Å². The van der Waals surface area contributed by atoms with Gasteiger partial charge in [-0.3, -0.25) is 4.79 Å². The van der Waals surface area contributed by atoms with Gasteiger partial charge in [0.2, 0.25) is 5.89 Å². The quantitative estimate of drug-likeness (QED) is 0.838. The van der Waals surface area contributed by atoms with Gasteiger partial charge in [0.05, 0.1) is 17.8 Å². The van der Waals surface area contributed by atoms with E-state index in [0.717, 1.165) is 10.7 Å². The molecule has 7 heteroatoms. The molecule has 0 bridgehead atoms. The number of anilines is 1. The van der Waals surface area contributed by atoms with Crippen LogP contribution < -0.4 is 5.32 Å². The second kappa shape index (κ2) is 4.62. The summed E-state index contributed by atoms with van der Waals surface area (Å²) >= 11 is 1.26. The average molecular weight is 252 g/mol. The summed E-state index contributed by atoms with van der Waals surface area (Å²) in [4.78, 5) is 15.5. The van der Waals surface area contributed by atoms with Crippen LogP contribution in [0.3, 0.4) is 0 Å². The maximum absolute atomic E-state index is 11.4. The molecule has 0 aliphatic carbocycles. The van der Waals surface area contributed by atoms with Crippen LogP contribution in [0, 0.1) is 13.8 Å². The topological polar surface area (TPSA) is 80.9 Å². The van der Waals surface area contributed by atoms with Crippen LogP contribution in [0.1, 0.15) is 34.7 Å². The molecule has 0 saturated heterocycles. The highest BCUT2D eigenvalue weighted by Crippen LogP contribution is 2.25. The Labute approximate surface area is 102 Å².